The first-order valence-electron chi connectivity index (χ1n) is 7.53. The highest BCUT2D eigenvalue weighted by Gasteiger charge is 2.10. The number of aromatic nitrogens is 1. The van der Waals surface area contributed by atoms with Gasteiger partial charge in [-0.1, -0.05) is 24.3 Å². The fourth-order valence-corrected chi connectivity index (χ4v) is 2.93. The molecule has 25 heavy (non-hydrogen) atoms. The second-order valence-corrected chi connectivity index (χ2v) is 6.01. The van der Waals surface area contributed by atoms with Crippen LogP contribution in [-0.4, -0.2) is 24.6 Å². The Labute approximate surface area is 149 Å². The SMILES string of the molecule is COc1ccccc1OCC(=O)Nc1nc(-c2cccc(N)c2)cs1. The number of methoxy groups -OCH3 is 1. The quantitative estimate of drug-likeness (QED) is 0.662. The molecule has 2 aromatic carbocycles. The normalized spacial score (nSPS) is 10.3. The number of benzene rings is 2. The van der Waals surface area contributed by atoms with Gasteiger partial charge in [-0.3, -0.25) is 10.1 Å². The largest absolute Gasteiger partial charge is 0.493 e. The van der Waals surface area contributed by atoms with Gasteiger partial charge in [0.2, 0.25) is 0 Å². The van der Waals surface area contributed by atoms with Gasteiger partial charge in [-0.25, -0.2) is 4.98 Å². The molecule has 0 radical (unpaired) electrons. The van der Waals surface area contributed by atoms with Crippen molar-refractivity contribution >= 4 is 28.1 Å². The number of carbonyl (C=O) groups excluding carboxylic acids is 1. The summed E-state index contributed by atoms with van der Waals surface area (Å²) in [5, 5.41) is 5.10. The number of nitrogens with zero attached hydrogens (tertiary/aromatic N) is 1. The molecule has 0 saturated carbocycles. The fraction of sp³-hybridized carbons (Fsp3) is 0.111. The third kappa shape index (κ3) is 4.27. The van der Waals surface area contributed by atoms with Crippen LogP contribution < -0.4 is 20.5 Å². The minimum Gasteiger partial charge on any atom is -0.493 e. The van der Waals surface area contributed by atoms with E-state index in [-0.39, 0.29) is 12.5 Å². The Morgan fingerprint density at radius 3 is 2.76 bits per heavy atom. The number of hydrogen-bond acceptors (Lipinski definition) is 6. The predicted molar refractivity (Wildman–Crippen MR) is 99.1 cm³/mol. The lowest BCUT2D eigenvalue weighted by Crippen LogP contribution is -2.20. The second kappa shape index (κ2) is 7.67. The lowest BCUT2D eigenvalue weighted by atomic mass is 10.1. The maximum atomic E-state index is 12.1. The maximum absolute atomic E-state index is 12.1. The third-order valence-corrected chi connectivity index (χ3v) is 4.12. The molecule has 1 aromatic heterocycles. The number of nitrogens with two attached hydrogens (primary N) is 1. The van der Waals surface area contributed by atoms with E-state index in [4.69, 9.17) is 15.2 Å². The molecule has 1 amide bonds. The van der Waals surface area contributed by atoms with Crippen LogP contribution in [0, 0.1) is 0 Å². The molecule has 3 N–H and O–H groups in total. The highest BCUT2D eigenvalue weighted by Crippen LogP contribution is 2.27. The summed E-state index contributed by atoms with van der Waals surface area (Å²) in [5.74, 6) is 0.799. The Kier molecular flexibility index (Phi) is 5.15. The summed E-state index contributed by atoms with van der Waals surface area (Å²) >= 11 is 1.34. The summed E-state index contributed by atoms with van der Waals surface area (Å²) in [6.45, 7) is -0.131. The summed E-state index contributed by atoms with van der Waals surface area (Å²) < 4.78 is 10.7. The fourth-order valence-electron chi connectivity index (χ4n) is 2.20. The number of anilines is 2. The van der Waals surface area contributed by atoms with E-state index in [0.29, 0.717) is 22.3 Å². The number of nitrogen functional groups attached to an aromatic ring is 1. The number of thiazole rings is 1. The van der Waals surface area contributed by atoms with Crippen LogP contribution in [0.25, 0.3) is 11.3 Å². The predicted octanol–water partition coefficient (Wildman–Crippen LogP) is 3.42. The Bertz CT molecular complexity index is 879. The lowest BCUT2D eigenvalue weighted by Gasteiger charge is -2.09. The van der Waals surface area contributed by atoms with E-state index < -0.39 is 0 Å². The Morgan fingerprint density at radius 2 is 2.00 bits per heavy atom. The van der Waals surface area contributed by atoms with Gasteiger partial charge in [-0.15, -0.1) is 11.3 Å². The van der Waals surface area contributed by atoms with Gasteiger partial charge in [0.25, 0.3) is 5.91 Å². The van der Waals surface area contributed by atoms with Crippen LogP contribution in [0.3, 0.4) is 0 Å². The van der Waals surface area contributed by atoms with Gasteiger partial charge < -0.3 is 15.2 Å². The van der Waals surface area contributed by atoms with Crippen LogP contribution in [0.1, 0.15) is 0 Å². The smallest absolute Gasteiger partial charge is 0.264 e. The van der Waals surface area contributed by atoms with Gasteiger partial charge >= 0.3 is 0 Å². The molecule has 0 aliphatic rings. The minimum atomic E-state index is -0.292. The van der Waals surface area contributed by atoms with Gasteiger partial charge in [-0.2, -0.15) is 0 Å². The lowest BCUT2D eigenvalue weighted by molar-refractivity contribution is -0.118. The minimum absolute atomic E-state index is 0.131. The van der Waals surface area contributed by atoms with E-state index in [1.165, 1.54) is 11.3 Å². The van der Waals surface area contributed by atoms with Gasteiger partial charge in [0.05, 0.1) is 12.8 Å². The number of nitrogens with one attached hydrogen (secondary N) is 1. The first kappa shape index (κ1) is 16.8. The molecule has 0 unspecified atom stereocenters. The van der Waals surface area contributed by atoms with Gasteiger partial charge in [-0.05, 0) is 24.3 Å². The summed E-state index contributed by atoms with van der Waals surface area (Å²) in [7, 11) is 1.55. The molecular formula is C18H17N3O3S. The number of para-hydroxylation sites is 2. The van der Waals surface area contributed by atoms with Crippen molar-refractivity contribution in [2.24, 2.45) is 0 Å². The van der Waals surface area contributed by atoms with Crippen LogP contribution in [0.2, 0.25) is 0 Å². The highest BCUT2D eigenvalue weighted by molar-refractivity contribution is 7.14. The summed E-state index contributed by atoms with van der Waals surface area (Å²) in [6.07, 6.45) is 0. The van der Waals surface area contributed by atoms with Gasteiger partial charge in [0.1, 0.15) is 0 Å². The van der Waals surface area contributed by atoms with Crippen LogP contribution in [0.5, 0.6) is 11.5 Å². The zero-order valence-corrected chi connectivity index (χ0v) is 14.4. The Hall–Kier alpha value is -3.06. The van der Waals surface area contributed by atoms with Crippen LogP contribution in [0.15, 0.2) is 53.9 Å². The molecular weight excluding hydrogens is 338 g/mol. The zero-order chi connectivity index (χ0) is 17.6. The molecule has 3 rings (SSSR count). The van der Waals surface area contributed by atoms with E-state index in [1.807, 2.05) is 41.8 Å². The average molecular weight is 355 g/mol. The monoisotopic (exact) mass is 355 g/mol. The first-order valence-corrected chi connectivity index (χ1v) is 8.41. The Balaban J connectivity index is 1.60. The van der Waals surface area contributed by atoms with Crippen molar-refractivity contribution in [3.05, 3.63) is 53.9 Å². The van der Waals surface area contributed by atoms with Crippen molar-refractivity contribution in [3.63, 3.8) is 0 Å². The number of ether oxygens (including phenoxy) is 2. The molecule has 0 aliphatic heterocycles. The number of rotatable bonds is 6. The molecule has 0 spiro atoms. The topological polar surface area (TPSA) is 86.5 Å². The molecule has 0 atom stereocenters. The van der Waals surface area contributed by atoms with Crippen molar-refractivity contribution in [2.75, 3.05) is 24.8 Å². The number of amides is 1. The average Bonchev–Trinajstić information content (AvgIpc) is 3.08. The van der Waals surface area contributed by atoms with E-state index in [9.17, 15) is 4.79 Å². The van der Waals surface area contributed by atoms with E-state index in [2.05, 4.69) is 10.3 Å². The molecule has 0 aliphatic carbocycles. The molecule has 1 heterocycles. The molecule has 0 fully saturated rings. The van der Waals surface area contributed by atoms with Crippen molar-refractivity contribution in [1.82, 2.24) is 4.98 Å². The van der Waals surface area contributed by atoms with Crippen LogP contribution in [0.4, 0.5) is 10.8 Å². The van der Waals surface area contributed by atoms with Crippen LogP contribution >= 0.6 is 11.3 Å². The van der Waals surface area contributed by atoms with E-state index in [1.54, 1.807) is 19.2 Å². The molecule has 128 valence electrons. The molecule has 6 nitrogen and oxygen atoms in total. The van der Waals surface area contributed by atoms with Crippen molar-refractivity contribution in [2.45, 2.75) is 0 Å². The highest BCUT2D eigenvalue weighted by atomic mass is 32.1. The van der Waals surface area contributed by atoms with Crippen molar-refractivity contribution in [1.29, 1.82) is 0 Å². The summed E-state index contributed by atoms with van der Waals surface area (Å²) in [6, 6.07) is 14.6. The third-order valence-electron chi connectivity index (χ3n) is 3.36. The molecule has 3 aromatic rings. The van der Waals surface area contributed by atoms with E-state index in [0.717, 1.165) is 11.3 Å². The molecule has 7 heteroatoms. The first-order chi connectivity index (χ1) is 12.2. The number of carbonyl (C=O) groups is 1. The maximum Gasteiger partial charge on any atom is 0.264 e. The van der Waals surface area contributed by atoms with Crippen molar-refractivity contribution < 1.29 is 14.3 Å². The summed E-state index contributed by atoms with van der Waals surface area (Å²) in [5.41, 5.74) is 8.12. The van der Waals surface area contributed by atoms with Gasteiger partial charge in [0, 0.05) is 16.6 Å². The molecule has 0 bridgehead atoms. The summed E-state index contributed by atoms with van der Waals surface area (Å²) in [4.78, 5) is 16.5. The van der Waals surface area contributed by atoms with Crippen LogP contribution in [-0.2, 0) is 4.79 Å². The van der Waals surface area contributed by atoms with Gasteiger partial charge in [0.15, 0.2) is 23.2 Å². The Morgan fingerprint density at radius 1 is 1.20 bits per heavy atom. The second-order valence-electron chi connectivity index (χ2n) is 5.15. The van der Waals surface area contributed by atoms with Crippen molar-refractivity contribution in [3.8, 4) is 22.8 Å². The molecule has 0 saturated heterocycles. The van der Waals surface area contributed by atoms with E-state index >= 15 is 0 Å². The standard InChI is InChI=1S/C18H17N3O3S/c1-23-15-7-2-3-8-16(15)24-10-17(22)21-18-20-14(11-25-18)12-5-4-6-13(19)9-12/h2-9,11H,10,19H2,1H3,(H,20,21,22). The zero-order valence-electron chi connectivity index (χ0n) is 13.6. The number of hydrogen-bond donors (Lipinski definition) is 2.